The van der Waals surface area contributed by atoms with Crippen LogP contribution in [0.5, 0.6) is 5.75 Å². The lowest BCUT2D eigenvalue weighted by molar-refractivity contribution is -0.130. The van der Waals surface area contributed by atoms with Crippen molar-refractivity contribution in [1.29, 1.82) is 0 Å². The van der Waals surface area contributed by atoms with E-state index in [2.05, 4.69) is 21.7 Å². The minimum Gasteiger partial charge on any atom is -0.497 e. The van der Waals surface area contributed by atoms with Gasteiger partial charge in [0.1, 0.15) is 5.75 Å². The van der Waals surface area contributed by atoms with Gasteiger partial charge in [0, 0.05) is 0 Å². The summed E-state index contributed by atoms with van der Waals surface area (Å²) in [5.74, 6) is -0.269. The molecule has 0 aliphatic carbocycles. The van der Waals surface area contributed by atoms with Gasteiger partial charge in [0.25, 0.3) is 0 Å². The molecular formula is C31H31N5O4. The molecule has 0 aliphatic heterocycles. The maximum Gasteiger partial charge on any atom is 0.245 e. The molecule has 0 aliphatic rings. The normalized spacial score (nSPS) is 12.7. The molecule has 1 heterocycles. The van der Waals surface area contributed by atoms with Gasteiger partial charge in [0.05, 0.1) is 43.9 Å². The molecule has 5 aromatic rings. The zero-order valence-electron chi connectivity index (χ0n) is 22.4. The molecule has 1 unspecified atom stereocenters. The SMILES string of the molecule is COc1ccc2cc([C@H](C)C(=O)NCc3cnnn3C(CC(=O)NO)Cc3ccc4ccccc4c3)ccc2c1. The van der Waals surface area contributed by atoms with Gasteiger partial charge in [0.15, 0.2) is 0 Å². The third-order valence-corrected chi connectivity index (χ3v) is 7.23. The quantitative estimate of drug-likeness (QED) is 0.176. The van der Waals surface area contributed by atoms with Crippen LogP contribution in [0.15, 0.2) is 85.1 Å². The second-order valence-electron chi connectivity index (χ2n) is 9.86. The Labute approximate surface area is 231 Å². The molecule has 9 nitrogen and oxygen atoms in total. The highest BCUT2D eigenvalue weighted by Gasteiger charge is 2.22. The van der Waals surface area contributed by atoms with Crippen molar-refractivity contribution in [2.75, 3.05) is 7.11 Å². The number of nitrogens with zero attached hydrogens (tertiary/aromatic N) is 3. The van der Waals surface area contributed by atoms with Gasteiger partial charge in [-0.05, 0) is 58.1 Å². The highest BCUT2D eigenvalue weighted by atomic mass is 16.5. The largest absolute Gasteiger partial charge is 0.497 e. The van der Waals surface area contributed by atoms with Crippen molar-refractivity contribution in [3.05, 3.63) is 102 Å². The fraction of sp³-hybridized carbons (Fsp3) is 0.226. The molecule has 0 saturated heterocycles. The van der Waals surface area contributed by atoms with Crippen LogP contribution in [0.3, 0.4) is 0 Å². The Kier molecular flexibility index (Phi) is 8.02. The molecule has 9 heteroatoms. The predicted octanol–water partition coefficient (Wildman–Crippen LogP) is 4.69. The van der Waals surface area contributed by atoms with Crippen LogP contribution in [0.1, 0.15) is 42.1 Å². The number of hydrogen-bond acceptors (Lipinski definition) is 6. The van der Waals surface area contributed by atoms with Crippen LogP contribution in [0, 0.1) is 0 Å². The van der Waals surface area contributed by atoms with E-state index in [0.29, 0.717) is 12.1 Å². The third kappa shape index (κ3) is 5.94. The number of aromatic nitrogens is 3. The van der Waals surface area contributed by atoms with Crippen molar-refractivity contribution in [2.24, 2.45) is 0 Å². The van der Waals surface area contributed by atoms with Gasteiger partial charge in [-0.25, -0.2) is 10.2 Å². The van der Waals surface area contributed by atoms with Crippen molar-refractivity contribution in [1.82, 2.24) is 25.8 Å². The summed E-state index contributed by atoms with van der Waals surface area (Å²) in [6, 6.07) is 25.6. The number of nitrogens with one attached hydrogen (secondary N) is 2. The van der Waals surface area contributed by atoms with Gasteiger partial charge in [-0.3, -0.25) is 14.8 Å². The highest BCUT2D eigenvalue weighted by Crippen LogP contribution is 2.26. The average Bonchev–Trinajstić information content (AvgIpc) is 3.47. The second-order valence-corrected chi connectivity index (χ2v) is 9.86. The van der Waals surface area contributed by atoms with Crippen molar-refractivity contribution in [2.45, 2.75) is 38.3 Å². The zero-order chi connectivity index (χ0) is 28.1. The first-order chi connectivity index (χ1) is 19.4. The summed E-state index contributed by atoms with van der Waals surface area (Å²) in [6.07, 6.45) is 2.06. The molecule has 204 valence electrons. The molecule has 0 bridgehead atoms. The molecule has 0 radical (unpaired) electrons. The number of fused-ring (bicyclic) bond motifs is 2. The van der Waals surface area contributed by atoms with Crippen LogP contribution < -0.4 is 15.5 Å². The number of carbonyl (C=O) groups is 2. The Morgan fingerprint density at radius 2 is 1.68 bits per heavy atom. The van der Waals surface area contributed by atoms with E-state index >= 15 is 0 Å². The lowest BCUT2D eigenvalue weighted by Crippen LogP contribution is -2.30. The second kappa shape index (κ2) is 12.0. The van der Waals surface area contributed by atoms with Gasteiger partial charge in [0.2, 0.25) is 11.8 Å². The summed E-state index contributed by atoms with van der Waals surface area (Å²) in [5.41, 5.74) is 4.29. The Morgan fingerprint density at radius 3 is 2.48 bits per heavy atom. The molecule has 0 fully saturated rings. The molecular weight excluding hydrogens is 506 g/mol. The molecule has 5 rings (SSSR count). The Bertz CT molecular complexity index is 1660. The average molecular weight is 538 g/mol. The standard InChI is InChI=1S/C31H31N5O4/c1-20(23-9-10-26-16-29(40-2)12-11-25(26)15-23)31(38)32-18-28-19-33-35-36(28)27(17-30(37)34-39)14-21-7-8-22-5-3-4-6-24(22)13-21/h3-13,15-16,19-20,27,39H,14,17-18H2,1-2H3,(H,32,38)(H,34,37)/t20-,27?/m0/s1. The van der Waals surface area contributed by atoms with Crippen LogP contribution in [-0.2, 0) is 22.6 Å². The van der Waals surface area contributed by atoms with E-state index in [-0.39, 0.29) is 24.8 Å². The van der Waals surface area contributed by atoms with Crippen molar-refractivity contribution in [3.8, 4) is 5.75 Å². The van der Waals surface area contributed by atoms with E-state index in [1.165, 1.54) is 0 Å². The predicted molar refractivity (Wildman–Crippen MR) is 152 cm³/mol. The monoisotopic (exact) mass is 537 g/mol. The van der Waals surface area contributed by atoms with E-state index in [4.69, 9.17) is 4.74 Å². The Balaban J connectivity index is 1.31. The minimum absolute atomic E-state index is 0.00802. The molecule has 1 aromatic heterocycles. The van der Waals surface area contributed by atoms with Gasteiger partial charge in [-0.1, -0.05) is 71.9 Å². The molecule has 0 saturated carbocycles. The summed E-state index contributed by atoms with van der Waals surface area (Å²) >= 11 is 0. The summed E-state index contributed by atoms with van der Waals surface area (Å²) in [6.45, 7) is 2.06. The van der Waals surface area contributed by atoms with Gasteiger partial charge >= 0.3 is 0 Å². The molecule has 2 atom stereocenters. The van der Waals surface area contributed by atoms with Crippen LogP contribution in [-0.4, -0.2) is 39.1 Å². The van der Waals surface area contributed by atoms with E-state index in [0.717, 1.165) is 38.4 Å². The fourth-order valence-corrected chi connectivity index (χ4v) is 4.96. The first-order valence-corrected chi connectivity index (χ1v) is 13.1. The first kappa shape index (κ1) is 26.8. The topological polar surface area (TPSA) is 118 Å². The van der Waals surface area contributed by atoms with Gasteiger partial charge in [-0.15, -0.1) is 5.10 Å². The zero-order valence-corrected chi connectivity index (χ0v) is 22.4. The lowest BCUT2D eigenvalue weighted by atomic mass is 9.97. The highest BCUT2D eigenvalue weighted by molar-refractivity contribution is 5.88. The minimum atomic E-state index is -0.529. The molecule has 0 spiro atoms. The lowest BCUT2D eigenvalue weighted by Gasteiger charge is -2.20. The maximum atomic E-state index is 13.1. The molecule has 2 amide bonds. The Hall–Kier alpha value is -4.76. The number of ether oxygens (including phenoxy) is 1. The van der Waals surface area contributed by atoms with E-state index in [1.54, 1.807) is 23.5 Å². The van der Waals surface area contributed by atoms with Crippen LogP contribution >= 0.6 is 0 Å². The van der Waals surface area contributed by atoms with E-state index < -0.39 is 11.9 Å². The molecule has 4 aromatic carbocycles. The number of carbonyl (C=O) groups excluding carboxylic acids is 2. The smallest absolute Gasteiger partial charge is 0.245 e. The summed E-state index contributed by atoms with van der Waals surface area (Å²) < 4.78 is 6.95. The van der Waals surface area contributed by atoms with Crippen LogP contribution in [0.4, 0.5) is 0 Å². The maximum absolute atomic E-state index is 13.1. The number of benzene rings is 4. The fourth-order valence-electron chi connectivity index (χ4n) is 4.96. The van der Waals surface area contributed by atoms with Crippen LogP contribution in [0.25, 0.3) is 21.5 Å². The molecule has 3 N–H and O–H groups in total. The van der Waals surface area contributed by atoms with E-state index in [1.807, 2.05) is 79.7 Å². The van der Waals surface area contributed by atoms with Crippen molar-refractivity contribution in [3.63, 3.8) is 0 Å². The summed E-state index contributed by atoms with van der Waals surface area (Å²) in [7, 11) is 1.64. The van der Waals surface area contributed by atoms with Crippen molar-refractivity contribution >= 4 is 33.4 Å². The van der Waals surface area contributed by atoms with Crippen LogP contribution in [0.2, 0.25) is 0 Å². The number of methoxy groups -OCH3 is 1. The van der Waals surface area contributed by atoms with Crippen molar-refractivity contribution < 1.29 is 19.5 Å². The summed E-state index contributed by atoms with van der Waals surface area (Å²) in [4.78, 5) is 25.3. The summed E-state index contributed by atoms with van der Waals surface area (Å²) in [5, 5.41) is 24.8. The number of hydrogen-bond donors (Lipinski definition) is 3. The number of rotatable bonds is 10. The number of hydroxylamine groups is 1. The Morgan fingerprint density at radius 1 is 0.950 bits per heavy atom. The number of amides is 2. The molecule has 40 heavy (non-hydrogen) atoms. The van der Waals surface area contributed by atoms with Gasteiger partial charge in [-0.2, -0.15) is 0 Å². The van der Waals surface area contributed by atoms with Gasteiger partial charge < -0.3 is 10.1 Å². The first-order valence-electron chi connectivity index (χ1n) is 13.1. The third-order valence-electron chi connectivity index (χ3n) is 7.23. The van der Waals surface area contributed by atoms with E-state index in [9.17, 15) is 14.8 Å².